The second-order valence-corrected chi connectivity index (χ2v) is 0.454. The zero-order chi connectivity index (χ0) is 6.28. The second-order valence-electron chi connectivity index (χ2n) is 0.454. The maximum Gasteiger partial charge on any atom is 2.00 e. The van der Waals surface area contributed by atoms with Crippen LogP contribution in [-0.2, 0) is 4.74 Å². The van der Waals surface area contributed by atoms with Gasteiger partial charge in [0.15, 0.2) is 0 Å². The summed E-state index contributed by atoms with van der Waals surface area (Å²) in [6.07, 6.45) is -1.50. The largest absolute Gasteiger partial charge is 2.00 e. The third-order valence-electron chi connectivity index (χ3n) is 0.167. The Balaban J connectivity index is -0.0000000750. The van der Waals surface area contributed by atoms with Gasteiger partial charge in [-0.05, 0) is 0 Å². The van der Waals surface area contributed by atoms with Crippen molar-refractivity contribution in [1.82, 2.24) is 0 Å². The summed E-state index contributed by atoms with van der Waals surface area (Å²) < 4.78 is 3.56. The van der Waals surface area contributed by atoms with Crippen molar-refractivity contribution in [1.29, 1.82) is 0 Å². The van der Waals surface area contributed by atoms with E-state index >= 15 is 0 Å². The van der Waals surface area contributed by atoms with E-state index in [0.717, 1.165) is 14.2 Å². The van der Waals surface area contributed by atoms with Crippen molar-refractivity contribution in [2.45, 2.75) is 0 Å². The van der Waals surface area contributed by atoms with Gasteiger partial charge in [-0.15, -0.1) is 0 Å². The molecule has 0 aromatic heterocycles. The summed E-state index contributed by atoms with van der Waals surface area (Å²) in [6.45, 7) is 0. The van der Waals surface area contributed by atoms with Crippen LogP contribution in [0.1, 0.15) is 0 Å². The summed E-state index contributed by atoms with van der Waals surface area (Å²) in [6, 6.07) is 0. The Morgan fingerprint density at radius 3 is 1.62 bits per heavy atom. The van der Waals surface area contributed by atoms with Crippen molar-refractivity contribution in [3.63, 3.8) is 0 Å². The first-order valence-electron chi connectivity index (χ1n) is 1.43. The van der Waals surface area contributed by atoms with Crippen LogP contribution in [-0.4, -0.2) is 58.1 Å². The standard InChI is InChI=1S/C2H4O3.CH3O.Ca/c1-5-2(3)4;1-2;/h1H3,(H,3,4);1H3;/q;-1;+2/p-1. The van der Waals surface area contributed by atoms with E-state index in [0.29, 0.717) is 0 Å². The summed E-state index contributed by atoms with van der Waals surface area (Å²) in [4.78, 5) is 9.03. The monoisotopic (exact) mass is 146 g/mol. The molecule has 0 fully saturated rings. The molecule has 0 N–H and O–H groups in total. The SMILES string of the molecule is COC(=O)[O-].C[O-].[Ca+2]. The molecule has 44 valence electrons. The third kappa shape index (κ3) is 31.6. The number of carboxylic acid groups (broad SMARTS) is 1. The molecule has 0 saturated heterocycles. The molecule has 0 spiro atoms. The van der Waals surface area contributed by atoms with Crippen LogP contribution >= 0.6 is 0 Å². The molecule has 8 heavy (non-hydrogen) atoms. The van der Waals surface area contributed by atoms with Gasteiger partial charge in [0.2, 0.25) is 0 Å². The average molecular weight is 146 g/mol. The molecule has 0 radical (unpaired) electrons. The molecule has 0 saturated carbocycles. The first kappa shape index (κ1) is 15.8. The minimum absolute atomic E-state index is 0. The Labute approximate surface area is 77.5 Å². The average Bonchev–Trinajstić information content (AvgIpc) is 1.73. The Kier molecular flexibility index (Phi) is 30.9. The molecular weight excluding hydrogens is 140 g/mol. The molecule has 0 aliphatic rings. The van der Waals surface area contributed by atoms with Crippen LogP contribution < -0.4 is 10.2 Å². The molecule has 5 heteroatoms. The van der Waals surface area contributed by atoms with Gasteiger partial charge in [0, 0.05) is 7.11 Å². The van der Waals surface area contributed by atoms with Crippen LogP contribution in [0, 0.1) is 0 Å². The number of ether oxygens (including phenoxy) is 1. The van der Waals surface area contributed by atoms with Crippen LogP contribution in [0.3, 0.4) is 0 Å². The van der Waals surface area contributed by atoms with Gasteiger partial charge in [-0.25, -0.2) is 0 Å². The minimum Gasteiger partial charge on any atom is -0.857 e. The topological polar surface area (TPSA) is 72.4 Å². The van der Waals surface area contributed by atoms with Crippen LogP contribution in [0.5, 0.6) is 0 Å². The Hall–Kier alpha value is 0.490. The van der Waals surface area contributed by atoms with E-state index in [1.165, 1.54) is 0 Å². The number of carbonyl (C=O) groups excluding carboxylic acids is 1. The van der Waals surface area contributed by atoms with E-state index in [9.17, 15) is 0 Å². The number of carbonyl (C=O) groups is 1. The molecule has 0 bridgehead atoms. The molecular formula is C3H6CaO4. The van der Waals surface area contributed by atoms with Crippen LogP contribution in [0.4, 0.5) is 4.79 Å². The first-order valence-corrected chi connectivity index (χ1v) is 1.43. The molecule has 4 nitrogen and oxygen atoms in total. The molecule has 0 rings (SSSR count). The molecule has 0 aromatic rings. The van der Waals surface area contributed by atoms with Crippen LogP contribution in [0.25, 0.3) is 0 Å². The Morgan fingerprint density at radius 1 is 1.50 bits per heavy atom. The predicted molar refractivity (Wildman–Crippen MR) is 24.1 cm³/mol. The van der Waals surface area contributed by atoms with Crippen molar-refractivity contribution >= 4 is 43.9 Å². The molecule has 0 aromatic carbocycles. The van der Waals surface area contributed by atoms with Gasteiger partial charge in [-0.2, -0.15) is 7.11 Å². The van der Waals surface area contributed by atoms with Crippen molar-refractivity contribution < 1.29 is 19.7 Å². The number of methoxy groups -OCH3 is 1. The van der Waals surface area contributed by atoms with Crippen molar-refractivity contribution in [2.24, 2.45) is 0 Å². The van der Waals surface area contributed by atoms with Gasteiger partial charge in [0.1, 0.15) is 0 Å². The fourth-order valence-electron chi connectivity index (χ4n) is 0. The number of hydrogen-bond donors (Lipinski definition) is 0. The van der Waals surface area contributed by atoms with Gasteiger partial charge in [0.25, 0.3) is 6.16 Å². The van der Waals surface area contributed by atoms with Gasteiger partial charge in [0.05, 0.1) is 0 Å². The maximum absolute atomic E-state index is 9.03. The predicted octanol–water partition coefficient (Wildman–Crippen LogP) is -2.43. The smallest absolute Gasteiger partial charge is 0.857 e. The molecule has 0 aliphatic heterocycles. The van der Waals surface area contributed by atoms with E-state index in [-0.39, 0.29) is 37.7 Å². The summed E-state index contributed by atoms with van der Waals surface area (Å²) in [7, 11) is 1.79. The summed E-state index contributed by atoms with van der Waals surface area (Å²) in [5, 5.41) is 17.3. The normalized spacial score (nSPS) is 4.88. The third-order valence-corrected chi connectivity index (χ3v) is 0.167. The van der Waals surface area contributed by atoms with E-state index in [2.05, 4.69) is 4.74 Å². The molecule has 0 heterocycles. The number of rotatable bonds is 0. The quantitative estimate of drug-likeness (QED) is 0.281. The minimum atomic E-state index is -1.50. The Morgan fingerprint density at radius 2 is 1.62 bits per heavy atom. The van der Waals surface area contributed by atoms with E-state index in [4.69, 9.17) is 15.0 Å². The second kappa shape index (κ2) is 15.6. The summed E-state index contributed by atoms with van der Waals surface area (Å²) >= 11 is 0. The Bertz CT molecular complexity index is 46.5. The fraction of sp³-hybridized carbons (Fsp3) is 0.667. The molecule has 0 atom stereocenters. The maximum atomic E-state index is 9.03. The van der Waals surface area contributed by atoms with E-state index in [1.54, 1.807) is 0 Å². The van der Waals surface area contributed by atoms with Gasteiger partial charge >= 0.3 is 37.7 Å². The zero-order valence-corrected chi connectivity index (χ0v) is 7.05. The molecule has 0 unspecified atom stereocenters. The van der Waals surface area contributed by atoms with E-state index < -0.39 is 6.16 Å². The molecule has 0 amide bonds. The fourth-order valence-corrected chi connectivity index (χ4v) is 0. The van der Waals surface area contributed by atoms with Gasteiger partial charge in [-0.3, -0.25) is 0 Å². The zero-order valence-electron chi connectivity index (χ0n) is 4.84. The molecule has 0 aliphatic carbocycles. The summed E-state index contributed by atoms with van der Waals surface area (Å²) in [5.74, 6) is 0. The summed E-state index contributed by atoms with van der Waals surface area (Å²) in [5.41, 5.74) is 0. The van der Waals surface area contributed by atoms with Crippen LogP contribution in [0.2, 0.25) is 0 Å². The van der Waals surface area contributed by atoms with Gasteiger partial charge < -0.3 is 19.7 Å². The van der Waals surface area contributed by atoms with E-state index in [1.807, 2.05) is 0 Å². The van der Waals surface area contributed by atoms with Crippen LogP contribution in [0.15, 0.2) is 0 Å². The van der Waals surface area contributed by atoms with Gasteiger partial charge in [-0.1, -0.05) is 0 Å². The van der Waals surface area contributed by atoms with Crippen molar-refractivity contribution in [3.8, 4) is 0 Å². The van der Waals surface area contributed by atoms with Crippen molar-refractivity contribution in [3.05, 3.63) is 0 Å². The van der Waals surface area contributed by atoms with Crippen molar-refractivity contribution in [2.75, 3.05) is 14.2 Å². The number of hydrogen-bond acceptors (Lipinski definition) is 4. The first-order chi connectivity index (χ1) is 3.27.